The highest BCUT2D eigenvalue weighted by Crippen LogP contribution is 2.30. The third-order valence-electron chi connectivity index (χ3n) is 3.39. The summed E-state index contributed by atoms with van der Waals surface area (Å²) in [6.07, 6.45) is 0.925. The summed E-state index contributed by atoms with van der Waals surface area (Å²) in [7, 11) is 0. The van der Waals surface area contributed by atoms with E-state index in [1.165, 1.54) is 6.07 Å². The molecule has 0 saturated carbocycles. The van der Waals surface area contributed by atoms with Gasteiger partial charge in [-0.1, -0.05) is 37.3 Å². The van der Waals surface area contributed by atoms with Crippen molar-refractivity contribution in [3.05, 3.63) is 65.0 Å². The number of para-hydroxylation sites is 1. The number of nitrogens with one attached hydrogen (secondary N) is 1. The Balaban J connectivity index is 2.38. The van der Waals surface area contributed by atoms with Crippen LogP contribution >= 0.6 is 0 Å². The minimum Gasteiger partial charge on any atom is -0.493 e. The number of hydrogen-bond acceptors (Lipinski definition) is 3. The lowest BCUT2D eigenvalue weighted by Crippen LogP contribution is -2.29. The maximum Gasteiger partial charge on any atom is 0.126 e. The number of hydrogen-bond donors (Lipinski definition) is 2. The van der Waals surface area contributed by atoms with Crippen molar-refractivity contribution in [2.24, 2.45) is 5.84 Å². The first-order chi connectivity index (χ1) is 10.2. The fourth-order valence-electron chi connectivity index (χ4n) is 2.22. The van der Waals surface area contributed by atoms with E-state index in [0.717, 1.165) is 23.3 Å². The van der Waals surface area contributed by atoms with Crippen LogP contribution in [0.1, 0.15) is 36.1 Å². The first-order valence-electron chi connectivity index (χ1n) is 7.11. The molecule has 1 atom stereocenters. The molecule has 2 aromatic carbocycles. The second-order valence-corrected chi connectivity index (χ2v) is 4.99. The summed E-state index contributed by atoms with van der Waals surface area (Å²) in [5.74, 6) is 6.23. The normalized spacial score (nSPS) is 12.2. The van der Waals surface area contributed by atoms with Gasteiger partial charge in [0.15, 0.2) is 0 Å². The zero-order chi connectivity index (χ0) is 15.2. The molecule has 0 radical (unpaired) electrons. The van der Waals surface area contributed by atoms with Gasteiger partial charge in [-0.15, -0.1) is 0 Å². The summed E-state index contributed by atoms with van der Waals surface area (Å²) < 4.78 is 19.6. The van der Waals surface area contributed by atoms with Crippen LogP contribution in [0.2, 0.25) is 0 Å². The summed E-state index contributed by atoms with van der Waals surface area (Å²) in [6.45, 7) is 4.43. The molecule has 112 valence electrons. The van der Waals surface area contributed by atoms with Crippen molar-refractivity contribution in [1.82, 2.24) is 5.43 Å². The highest BCUT2D eigenvalue weighted by atomic mass is 19.1. The summed E-state index contributed by atoms with van der Waals surface area (Å²) in [6, 6.07) is 12.5. The number of hydrazine groups is 1. The minimum atomic E-state index is -0.312. The van der Waals surface area contributed by atoms with Crippen LogP contribution in [-0.2, 0) is 0 Å². The third-order valence-corrected chi connectivity index (χ3v) is 3.39. The van der Waals surface area contributed by atoms with Gasteiger partial charge in [0, 0.05) is 5.56 Å². The van der Waals surface area contributed by atoms with Gasteiger partial charge in [0.05, 0.1) is 12.6 Å². The van der Waals surface area contributed by atoms with Crippen LogP contribution in [0.3, 0.4) is 0 Å². The van der Waals surface area contributed by atoms with Crippen molar-refractivity contribution in [2.75, 3.05) is 6.61 Å². The molecule has 0 aromatic heterocycles. The van der Waals surface area contributed by atoms with Gasteiger partial charge in [-0.05, 0) is 36.6 Å². The Morgan fingerprint density at radius 2 is 2.00 bits per heavy atom. The topological polar surface area (TPSA) is 47.3 Å². The van der Waals surface area contributed by atoms with Gasteiger partial charge in [0.25, 0.3) is 0 Å². The van der Waals surface area contributed by atoms with Gasteiger partial charge in [-0.2, -0.15) is 0 Å². The first-order valence-corrected chi connectivity index (χ1v) is 7.11. The van der Waals surface area contributed by atoms with E-state index in [1.807, 2.05) is 30.3 Å². The van der Waals surface area contributed by atoms with Crippen LogP contribution in [0.15, 0.2) is 42.5 Å². The van der Waals surface area contributed by atoms with Crippen LogP contribution < -0.4 is 16.0 Å². The average Bonchev–Trinajstić information content (AvgIpc) is 2.50. The molecule has 2 aromatic rings. The Morgan fingerprint density at radius 1 is 1.24 bits per heavy atom. The van der Waals surface area contributed by atoms with Crippen LogP contribution in [-0.4, -0.2) is 6.61 Å². The van der Waals surface area contributed by atoms with Gasteiger partial charge in [0.2, 0.25) is 0 Å². The summed E-state index contributed by atoms with van der Waals surface area (Å²) in [5.41, 5.74) is 5.04. The largest absolute Gasteiger partial charge is 0.493 e. The summed E-state index contributed by atoms with van der Waals surface area (Å²) in [5, 5.41) is 0. The Labute approximate surface area is 124 Å². The molecule has 0 aliphatic rings. The lowest BCUT2D eigenvalue weighted by atomic mass is 9.97. The molecule has 3 N–H and O–H groups in total. The average molecular weight is 288 g/mol. The predicted octanol–water partition coefficient (Wildman–Crippen LogP) is 3.48. The summed E-state index contributed by atoms with van der Waals surface area (Å²) in [4.78, 5) is 0. The molecule has 3 nitrogen and oxygen atoms in total. The lowest BCUT2D eigenvalue weighted by Gasteiger charge is -2.20. The molecular weight excluding hydrogens is 267 g/mol. The van der Waals surface area contributed by atoms with Crippen LogP contribution in [0, 0.1) is 12.7 Å². The fourth-order valence-corrected chi connectivity index (χ4v) is 2.22. The number of ether oxygens (including phenoxy) is 1. The minimum absolute atomic E-state index is 0.236. The van der Waals surface area contributed by atoms with E-state index in [2.05, 4.69) is 12.3 Å². The zero-order valence-electron chi connectivity index (χ0n) is 12.4. The van der Waals surface area contributed by atoms with E-state index < -0.39 is 0 Å². The second kappa shape index (κ2) is 7.20. The van der Waals surface area contributed by atoms with Gasteiger partial charge < -0.3 is 4.74 Å². The van der Waals surface area contributed by atoms with Crippen LogP contribution in [0.25, 0.3) is 0 Å². The fraction of sp³-hybridized carbons (Fsp3) is 0.294. The molecule has 21 heavy (non-hydrogen) atoms. The Kier molecular flexibility index (Phi) is 5.31. The van der Waals surface area contributed by atoms with Gasteiger partial charge in [-0.3, -0.25) is 5.84 Å². The maximum absolute atomic E-state index is 13.8. The Morgan fingerprint density at radius 3 is 2.67 bits per heavy atom. The first kappa shape index (κ1) is 15.5. The lowest BCUT2D eigenvalue weighted by molar-refractivity contribution is 0.311. The Hall–Kier alpha value is -1.91. The summed E-state index contributed by atoms with van der Waals surface area (Å²) >= 11 is 0. The van der Waals surface area contributed by atoms with Crippen molar-refractivity contribution in [1.29, 1.82) is 0 Å². The van der Waals surface area contributed by atoms with Gasteiger partial charge in [0.1, 0.15) is 11.6 Å². The molecule has 0 heterocycles. The third kappa shape index (κ3) is 3.60. The molecule has 0 aliphatic heterocycles. The Bertz CT molecular complexity index is 601. The highest BCUT2D eigenvalue weighted by molar-refractivity contribution is 5.42. The number of nitrogens with two attached hydrogens (primary N) is 1. The molecule has 4 heteroatoms. The highest BCUT2D eigenvalue weighted by Gasteiger charge is 2.17. The van der Waals surface area contributed by atoms with E-state index in [1.54, 1.807) is 13.0 Å². The van der Waals surface area contributed by atoms with E-state index in [9.17, 15) is 4.39 Å². The van der Waals surface area contributed by atoms with Crippen LogP contribution in [0.5, 0.6) is 5.75 Å². The molecule has 1 unspecified atom stereocenters. The molecule has 0 saturated heterocycles. The van der Waals surface area contributed by atoms with Crippen LogP contribution in [0.4, 0.5) is 4.39 Å². The van der Waals surface area contributed by atoms with Crippen molar-refractivity contribution in [3.63, 3.8) is 0 Å². The maximum atomic E-state index is 13.8. The quantitative estimate of drug-likeness (QED) is 0.632. The molecule has 0 bridgehead atoms. The van der Waals surface area contributed by atoms with E-state index in [0.29, 0.717) is 12.2 Å². The van der Waals surface area contributed by atoms with E-state index in [-0.39, 0.29) is 11.9 Å². The zero-order valence-corrected chi connectivity index (χ0v) is 12.4. The molecular formula is C17H21FN2O. The predicted molar refractivity (Wildman–Crippen MR) is 82.5 cm³/mol. The molecule has 0 aliphatic carbocycles. The van der Waals surface area contributed by atoms with Crippen molar-refractivity contribution in [2.45, 2.75) is 26.3 Å². The van der Waals surface area contributed by atoms with Crippen molar-refractivity contribution >= 4 is 0 Å². The number of aryl methyl sites for hydroxylation is 1. The van der Waals surface area contributed by atoms with Gasteiger partial charge in [-0.25, -0.2) is 9.82 Å². The standard InChI is InChI=1S/C17H21FN2O/c1-3-10-21-16-7-5-4-6-14(16)17(20-19)13-9-8-12(2)15(18)11-13/h4-9,11,17,20H,3,10,19H2,1-2H3. The van der Waals surface area contributed by atoms with E-state index in [4.69, 9.17) is 10.6 Å². The number of halogens is 1. The SMILES string of the molecule is CCCOc1ccccc1C(NN)c1ccc(C)c(F)c1. The smallest absolute Gasteiger partial charge is 0.126 e. The molecule has 0 spiro atoms. The van der Waals surface area contributed by atoms with E-state index >= 15 is 0 Å². The monoisotopic (exact) mass is 288 g/mol. The number of benzene rings is 2. The molecule has 2 rings (SSSR count). The number of rotatable bonds is 6. The molecule has 0 fully saturated rings. The molecule has 0 amide bonds. The van der Waals surface area contributed by atoms with Gasteiger partial charge >= 0.3 is 0 Å². The van der Waals surface area contributed by atoms with Crippen molar-refractivity contribution < 1.29 is 9.13 Å². The van der Waals surface area contributed by atoms with Crippen molar-refractivity contribution in [3.8, 4) is 5.75 Å². The second-order valence-electron chi connectivity index (χ2n) is 4.99.